The third-order valence-electron chi connectivity index (χ3n) is 8.41. The normalized spacial score (nSPS) is 14.4. The van der Waals surface area contributed by atoms with Crippen LogP contribution >= 0.6 is 11.3 Å². The van der Waals surface area contributed by atoms with Gasteiger partial charge in [-0.15, -0.1) is 11.3 Å². The Labute approximate surface area is 254 Å². The number of hydrogen-bond acceptors (Lipinski definition) is 5. The molecule has 1 N–H and O–H groups in total. The number of carboxylic acids is 1. The summed E-state index contributed by atoms with van der Waals surface area (Å²) in [6.07, 6.45) is 7.11. The molecule has 0 amide bonds. The average Bonchev–Trinajstić information content (AvgIpc) is 3.49. The molecule has 1 aliphatic rings. The highest BCUT2D eigenvalue weighted by Crippen LogP contribution is 2.31. The molecule has 0 atom stereocenters. The zero-order valence-corrected chi connectivity index (χ0v) is 25.6. The largest absolute Gasteiger partial charge is 0.489 e. The smallest absolute Gasteiger partial charge is 0.335 e. The Bertz CT molecular complexity index is 1400. The van der Waals surface area contributed by atoms with Crippen molar-refractivity contribution in [2.75, 3.05) is 13.1 Å². The van der Waals surface area contributed by atoms with Crippen molar-refractivity contribution in [3.8, 4) is 17.0 Å². The van der Waals surface area contributed by atoms with Gasteiger partial charge in [-0.25, -0.2) is 9.78 Å². The highest BCUT2D eigenvalue weighted by Gasteiger charge is 2.22. The molecular weight excluding hydrogens is 540 g/mol. The maximum absolute atomic E-state index is 11.1. The topological polar surface area (TPSA) is 62.7 Å². The minimum atomic E-state index is -0.872. The third kappa shape index (κ3) is 7.87. The minimum Gasteiger partial charge on any atom is -0.489 e. The Morgan fingerprint density at radius 3 is 2.24 bits per heavy atom. The molecule has 42 heavy (non-hydrogen) atoms. The monoisotopic (exact) mass is 582 g/mol. The molecule has 5 rings (SSSR count). The molecule has 1 aliphatic heterocycles. The van der Waals surface area contributed by atoms with Crippen LogP contribution in [0.1, 0.15) is 96.3 Å². The molecule has 0 bridgehead atoms. The molecule has 2 heterocycles. The molecule has 5 nitrogen and oxygen atoms in total. The van der Waals surface area contributed by atoms with Gasteiger partial charge in [0.2, 0.25) is 0 Å². The quantitative estimate of drug-likeness (QED) is 0.170. The van der Waals surface area contributed by atoms with Crippen LogP contribution in [0.2, 0.25) is 0 Å². The molecule has 1 fully saturated rings. The van der Waals surface area contributed by atoms with Gasteiger partial charge in [0, 0.05) is 10.9 Å². The maximum Gasteiger partial charge on any atom is 0.335 e. The van der Waals surface area contributed by atoms with E-state index in [0.717, 1.165) is 54.5 Å². The van der Waals surface area contributed by atoms with Crippen molar-refractivity contribution in [2.45, 2.75) is 77.4 Å². The van der Waals surface area contributed by atoms with E-state index >= 15 is 0 Å². The molecule has 1 saturated heterocycles. The molecule has 3 aromatic carbocycles. The first-order chi connectivity index (χ1) is 20.5. The lowest BCUT2D eigenvalue weighted by Gasteiger charge is -2.31. The van der Waals surface area contributed by atoms with Crippen LogP contribution in [0.25, 0.3) is 11.3 Å². The van der Waals surface area contributed by atoms with Crippen molar-refractivity contribution in [3.05, 3.63) is 105 Å². The first-order valence-electron chi connectivity index (χ1n) is 15.3. The molecule has 220 valence electrons. The molecule has 1 aromatic heterocycles. The standard InChI is InChI=1S/C36H42N2O3S/c1-3-5-27(6-4-2)28-9-7-26(8-10-28)24-41-33-17-15-31(16-18-33)34-25-42-35(37-34)23-38-21-19-30(20-22-38)29-11-13-32(14-12-29)36(39)40/h7-18,25,27,30H,3-6,19-24H2,1-2H3,(H,39,40). The van der Waals surface area contributed by atoms with Crippen LogP contribution in [0, 0.1) is 0 Å². The molecule has 4 aromatic rings. The van der Waals surface area contributed by atoms with Gasteiger partial charge in [-0.2, -0.15) is 0 Å². The number of thiazole rings is 1. The van der Waals surface area contributed by atoms with Crippen molar-refractivity contribution < 1.29 is 14.6 Å². The summed E-state index contributed by atoms with van der Waals surface area (Å²) in [5, 5.41) is 12.4. The fourth-order valence-electron chi connectivity index (χ4n) is 5.98. The highest BCUT2D eigenvalue weighted by atomic mass is 32.1. The lowest BCUT2D eigenvalue weighted by atomic mass is 9.89. The van der Waals surface area contributed by atoms with E-state index in [9.17, 15) is 4.79 Å². The summed E-state index contributed by atoms with van der Waals surface area (Å²) in [5.41, 5.74) is 6.35. The molecular formula is C36H42N2O3S. The van der Waals surface area contributed by atoms with Gasteiger partial charge in [-0.1, -0.05) is 63.1 Å². The third-order valence-corrected chi connectivity index (χ3v) is 9.24. The Hall–Kier alpha value is -3.48. The highest BCUT2D eigenvalue weighted by molar-refractivity contribution is 7.09. The molecule has 6 heteroatoms. The fraction of sp³-hybridized carbons (Fsp3) is 0.389. The van der Waals surface area contributed by atoms with E-state index in [0.29, 0.717) is 24.0 Å². The number of nitrogens with zero attached hydrogens (tertiary/aromatic N) is 2. The van der Waals surface area contributed by atoms with Crippen molar-refractivity contribution >= 4 is 17.3 Å². The number of rotatable bonds is 13. The van der Waals surface area contributed by atoms with Gasteiger partial charge < -0.3 is 9.84 Å². The molecule has 0 aliphatic carbocycles. The molecule has 0 unspecified atom stereocenters. The van der Waals surface area contributed by atoms with Gasteiger partial charge in [0.05, 0.1) is 17.8 Å². The van der Waals surface area contributed by atoms with Crippen molar-refractivity contribution in [1.29, 1.82) is 0 Å². The Morgan fingerprint density at radius 2 is 1.62 bits per heavy atom. The summed E-state index contributed by atoms with van der Waals surface area (Å²) in [4.78, 5) is 18.5. The summed E-state index contributed by atoms with van der Waals surface area (Å²) in [7, 11) is 0. The van der Waals surface area contributed by atoms with E-state index in [1.165, 1.54) is 42.4 Å². The van der Waals surface area contributed by atoms with Gasteiger partial charge >= 0.3 is 5.97 Å². The van der Waals surface area contributed by atoms with Crippen molar-refractivity contribution in [3.63, 3.8) is 0 Å². The van der Waals surface area contributed by atoms with Gasteiger partial charge in [0.25, 0.3) is 0 Å². The first kappa shape index (κ1) is 30.0. The minimum absolute atomic E-state index is 0.349. The van der Waals surface area contributed by atoms with Crippen LogP contribution < -0.4 is 4.74 Å². The van der Waals surface area contributed by atoms with Gasteiger partial charge in [0.15, 0.2) is 0 Å². The Balaban J connectivity index is 1.09. The van der Waals surface area contributed by atoms with Crippen LogP contribution in [-0.2, 0) is 13.2 Å². The fourth-order valence-corrected chi connectivity index (χ4v) is 6.82. The number of likely N-dealkylation sites (tertiary alicyclic amines) is 1. The number of piperidine rings is 1. The Morgan fingerprint density at radius 1 is 0.952 bits per heavy atom. The van der Waals surface area contributed by atoms with E-state index in [2.05, 4.69) is 60.5 Å². The second-order valence-electron chi connectivity index (χ2n) is 11.4. The lowest BCUT2D eigenvalue weighted by Crippen LogP contribution is -2.32. The predicted molar refractivity (Wildman–Crippen MR) is 172 cm³/mol. The van der Waals surface area contributed by atoms with E-state index in [4.69, 9.17) is 14.8 Å². The number of carbonyl (C=O) groups is 1. The first-order valence-corrected chi connectivity index (χ1v) is 16.2. The van der Waals surface area contributed by atoms with Crippen LogP contribution in [0.5, 0.6) is 5.75 Å². The number of hydrogen-bond donors (Lipinski definition) is 1. The second kappa shape index (κ2) is 14.6. The number of aromatic nitrogens is 1. The summed E-state index contributed by atoms with van der Waals surface area (Å²) in [6, 6.07) is 24.6. The molecule has 0 saturated carbocycles. The maximum atomic E-state index is 11.1. The lowest BCUT2D eigenvalue weighted by molar-refractivity contribution is 0.0697. The van der Waals surface area contributed by atoms with E-state index < -0.39 is 5.97 Å². The van der Waals surface area contributed by atoms with Crippen LogP contribution in [0.4, 0.5) is 0 Å². The van der Waals surface area contributed by atoms with Crippen molar-refractivity contribution in [2.24, 2.45) is 0 Å². The zero-order valence-electron chi connectivity index (χ0n) is 24.8. The van der Waals surface area contributed by atoms with Gasteiger partial charge in [-0.3, -0.25) is 4.90 Å². The number of benzene rings is 3. The van der Waals surface area contributed by atoms with Crippen molar-refractivity contribution in [1.82, 2.24) is 9.88 Å². The number of ether oxygens (including phenoxy) is 1. The average molecular weight is 583 g/mol. The van der Waals surface area contributed by atoms with Crippen LogP contribution in [0.15, 0.2) is 78.2 Å². The summed E-state index contributed by atoms with van der Waals surface area (Å²) < 4.78 is 6.09. The van der Waals surface area contributed by atoms with Crippen LogP contribution in [0.3, 0.4) is 0 Å². The predicted octanol–water partition coefficient (Wildman–Crippen LogP) is 9.15. The number of carboxylic acid groups (broad SMARTS) is 1. The SMILES string of the molecule is CCCC(CCC)c1ccc(COc2ccc(-c3csc(CN4CCC(c5ccc(C(=O)O)cc5)CC4)n3)cc2)cc1. The number of aromatic carboxylic acids is 1. The van der Waals surface area contributed by atoms with E-state index in [1.807, 2.05) is 24.3 Å². The summed E-state index contributed by atoms with van der Waals surface area (Å²) >= 11 is 1.72. The summed E-state index contributed by atoms with van der Waals surface area (Å²) in [5.74, 6) is 1.15. The zero-order chi connectivity index (χ0) is 29.3. The molecule has 0 spiro atoms. The molecule has 0 radical (unpaired) electrons. The van der Waals surface area contributed by atoms with Gasteiger partial charge in [-0.05, 0) is 104 Å². The Kier molecular flexibility index (Phi) is 10.4. The van der Waals surface area contributed by atoms with Gasteiger partial charge in [0.1, 0.15) is 17.4 Å². The van der Waals surface area contributed by atoms with Crippen LogP contribution in [-0.4, -0.2) is 34.0 Å². The second-order valence-corrected chi connectivity index (χ2v) is 12.4. The van der Waals surface area contributed by atoms with E-state index in [-0.39, 0.29) is 0 Å². The summed E-state index contributed by atoms with van der Waals surface area (Å²) in [6.45, 7) is 8.01. The van der Waals surface area contributed by atoms with E-state index in [1.54, 1.807) is 23.5 Å².